The number of hydrogen-bond acceptors (Lipinski definition) is 4. The van der Waals surface area contributed by atoms with E-state index in [1.807, 2.05) is 26.0 Å². The molecule has 4 nitrogen and oxygen atoms in total. The fraction of sp³-hybridized carbons (Fsp3) is 0.588. The molecule has 1 aromatic rings. The van der Waals surface area contributed by atoms with Crippen LogP contribution >= 0.6 is 0 Å². The molecule has 0 aliphatic carbocycles. The van der Waals surface area contributed by atoms with Crippen molar-refractivity contribution in [3.63, 3.8) is 0 Å². The predicted octanol–water partition coefficient (Wildman–Crippen LogP) is 2.78. The monoisotopic (exact) mass is 291 g/mol. The molecule has 1 heterocycles. The molecule has 0 bridgehead atoms. The first-order chi connectivity index (χ1) is 10.0. The molecule has 1 saturated heterocycles. The molecule has 116 valence electrons. The highest BCUT2D eigenvalue weighted by Gasteiger charge is 2.27. The zero-order chi connectivity index (χ0) is 15.4. The molecule has 0 spiro atoms. The fourth-order valence-corrected chi connectivity index (χ4v) is 2.88. The lowest BCUT2D eigenvalue weighted by Gasteiger charge is -2.31. The van der Waals surface area contributed by atoms with Crippen LogP contribution in [0.5, 0.6) is 5.75 Å². The highest BCUT2D eigenvalue weighted by Crippen LogP contribution is 2.26. The number of phenols is 1. The topological polar surface area (TPSA) is 49.8 Å². The first kappa shape index (κ1) is 15.8. The number of aromatic hydroxyl groups is 1. The van der Waals surface area contributed by atoms with Crippen molar-refractivity contribution in [1.82, 2.24) is 4.90 Å². The highest BCUT2D eigenvalue weighted by atomic mass is 16.5. The Labute approximate surface area is 126 Å². The Morgan fingerprint density at radius 1 is 1.38 bits per heavy atom. The molecule has 1 atom stereocenters. The maximum absolute atomic E-state index is 11.9. The Kier molecular flexibility index (Phi) is 5.23. The number of rotatable bonds is 4. The molecular formula is C17H25NO3. The van der Waals surface area contributed by atoms with Gasteiger partial charge in [0.1, 0.15) is 5.75 Å². The van der Waals surface area contributed by atoms with Gasteiger partial charge in [0.2, 0.25) is 0 Å². The van der Waals surface area contributed by atoms with E-state index in [0.29, 0.717) is 25.4 Å². The number of benzene rings is 1. The van der Waals surface area contributed by atoms with Crippen LogP contribution in [0, 0.1) is 19.8 Å². The Hall–Kier alpha value is -1.55. The average Bonchev–Trinajstić information content (AvgIpc) is 2.45. The van der Waals surface area contributed by atoms with E-state index in [-0.39, 0.29) is 11.9 Å². The minimum absolute atomic E-state index is 0.0348. The lowest BCUT2D eigenvalue weighted by molar-refractivity contribution is -0.150. The molecular weight excluding hydrogens is 266 g/mol. The maximum atomic E-state index is 11.9. The molecule has 2 rings (SSSR count). The van der Waals surface area contributed by atoms with Gasteiger partial charge in [0.15, 0.2) is 0 Å². The summed E-state index contributed by atoms with van der Waals surface area (Å²) in [6.45, 7) is 8.68. The smallest absolute Gasteiger partial charge is 0.310 e. The standard InChI is InChI=1S/C17H25NO3/c1-4-21-17(20)14-6-5-7-18(10-14)11-15-8-12(2)13(3)9-16(15)19/h8-9,14,19H,4-7,10-11H2,1-3H3. The Morgan fingerprint density at radius 3 is 2.81 bits per heavy atom. The van der Waals surface area contributed by atoms with Gasteiger partial charge in [0.05, 0.1) is 12.5 Å². The zero-order valence-corrected chi connectivity index (χ0v) is 13.2. The van der Waals surface area contributed by atoms with E-state index in [4.69, 9.17) is 4.74 Å². The van der Waals surface area contributed by atoms with Gasteiger partial charge in [-0.25, -0.2) is 0 Å². The van der Waals surface area contributed by atoms with Gasteiger partial charge in [0.25, 0.3) is 0 Å². The SMILES string of the molecule is CCOC(=O)C1CCCN(Cc2cc(C)c(C)cc2O)C1. The molecule has 1 unspecified atom stereocenters. The summed E-state index contributed by atoms with van der Waals surface area (Å²) in [5.41, 5.74) is 3.21. The van der Waals surface area contributed by atoms with E-state index >= 15 is 0 Å². The van der Waals surface area contributed by atoms with Crippen molar-refractivity contribution in [2.45, 2.75) is 40.2 Å². The molecule has 1 aliphatic rings. The van der Waals surface area contributed by atoms with Crippen LogP contribution in [0.3, 0.4) is 0 Å². The lowest BCUT2D eigenvalue weighted by Crippen LogP contribution is -2.38. The molecule has 0 saturated carbocycles. The van der Waals surface area contributed by atoms with Crippen molar-refractivity contribution in [2.75, 3.05) is 19.7 Å². The maximum Gasteiger partial charge on any atom is 0.310 e. The van der Waals surface area contributed by atoms with Gasteiger partial charge in [-0.05, 0) is 57.4 Å². The molecule has 0 radical (unpaired) electrons. The molecule has 1 aliphatic heterocycles. The number of carbonyl (C=O) groups excluding carboxylic acids is 1. The second-order valence-corrected chi connectivity index (χ2v) is 5.89. The minimum atomic E-state index is -0.0912. The van der Waals surface area contributed by atoms with Gasteiger partial charge in [0, 0.05) is 18.7 Å². The minimum Gasteiger partial charge on any atom is -0.508 e. The summed E-state index contributed by atoms with van der Waals surface area (Å²) in [4.78, 5) is 14.1. The van der Waals surface area contributed by atoms with Gasteiger partial charge in [-0.15, -0.1) is 0 Å². The Morgan fingerprint density at radius 2 is 2.10 bits per heavy atom. The summed E-state index contributed by atoms with van der Waals surface area (Å²) >= 11 is 0. The fourth-order valence-electron chi connectivity index (χ4n) is 2.88. The summed E-state index contributed by atoms with van der Waals surface area (Å²) < 4.78 is 5.12. The normalized spacial score (nSPS) is 19.5. The first-order valence-electron chi connectivity index (χ1n) is 7.69. The predicted molar refractivity (Wildman–Crippen MR) is 82.2 cm³/mol. The van der Waals surface area contributed by atoms with Crippen molar-refractivity contribution in [3.05, 3.63) is 28.8 Å². The third kappa shape index (κ3) is 3.97. The molecule has 1 aromatic carbocycles. The molecule has 4 heteroatoms. The number of ether oxygens (including phenoxy) is 1. The van der Waals surface area contributed by atoms with Crippen LogP contribution in [0.2, 0.25) is 0 Å². The average molecular weight is 291 g/mol. The number of phenolic OH excluding ortho intramolecular Hbond substituents is 1. The third-order valence-electron chi connectivity index (χ3n) is 4.21. The number of likely N-dealkylation sites (tertiary alicyclic amines) is 1. The number of piperidine rings is 1. The van der Waals surface area contributed by atoms with E-state index in [2.05, 4.69) is 11.8 Å². The van der Waals surface area contributed by atoms with Crippen molar-refractivity contribution in [3.8, 4) is 5.75 Å². The largest absolute Gasteiger partial charge is 0.508 e. The van der Waals surface area contributed by atoms with Gasteiger partial charge in [-0.3, -0.25) is 9.69 Å². The second-order valence-electron chi connectivity index (χ2n) is 5.89. The van der Waals surface area contributed by atoms with E-state index < -0.39 is 0 Å². The van der Waals surface area contributed by atoms with Crippen LogP contribution in [-0.4, -0.2) is 35.7 Å². The van der Waals surface area contributed by atoms with Crippen LogP contribution in [0.25, 0.3) is 0 Å². The Balaban J connectivity index is 2.03. The third-order valence-corrected chi connectivity index (χ3v) is 4.21. The number of esters is 1. The van der Waals surface area contributed by atoms with Gasteiger partial charge < -0.3 is 9.84 Å². The number of nitrogens with zero attached hydrogens (tertiary/aromatic N) is 1. The molecule has 1 N–H and O–H groups in total. The number of aryl methyl sites for hydroxylation is 2. The lowest BCUT2D eigenvalue weighted by atomic mass is 9.97. The van der Waals surface area contributed by atoms with Crippen molar-refractivity contribution < 1.29 is 14.6 Å². The second kappa shape index (κ2) is 6.94. The van der Waals surface area contributed by atoms with Gasteiger partial charge in [-0.1, -0.05) is 6.07 Å². The van der Waals surface area contributed by atoms with Gasteiger partial charge >= 0.3 is 5.97 Å². The summed E-state index contributed by atoms with van der Waals surface area (Å²) in [6.07, 6.45) is 1.89. The Bertz CT molecular complexity index is 513. The van der Waals surface area contributed by atoms with E-state index in [1.165, 1.54) is 5.56 Å². The van der Waals surface area contributed by atoms with Crippen LogP contribution in [-0.2, 0) is 16.1 Å². The van der Waals surface area contributed by atoms with Crippen molar-refractivity contribution >= 4 is 5.97 Å². The van der Waals surface area contributed by atoms with E-state index in [1.54, 1.807) is 0 Å². The van der Waals surface area contributed by atoms with Crippen LogP contribution in [0.1, 0.15) is 36.5 Å². The number of hydrogen-bond donors (Lipinski definition) is 1. The zero-order valence-electron chi connectivity index (χ0n) is 13.2. The van der Waals surface area contributed by atoms with Gasteiger partial charge in [-0.2, -0.15) is 0 Å². The molecule has 0 aromatic heterocycles. The summed E-state index contributed by atoms with van der Waals surface area (Å²) in [6, 6.07) is 3.86. The summed E-state index contributed by atoms with van der Waals surface area (Å²) in [5.74, 6) is 0.218. The molecule has 0 amide bonds. The van der Waals surface area contributed by atoms with Crippen LogP contribution in [0.15, 0.2) is 12.1 Å². The summed E-state index contributed by atoms with van der Waals surface area (Å²) in [5, 5.41) is 10.1. The quantitative estimate of drug-likeness (QED) is 0.867. The molecule has 1 fully saturated rings. The summed E-state index contributed by atoms with van der Waals surface area (Å²) in [7, 11) is 0. The van der Waals surface area contributed by atoms with Crippen molar-refractivity contribution in [1.29, 1.82) is 0 Å². The molecule has 21 heavy (non-hydrogen) atoms. The highest BCUT2D eigenvalue weighted by molar-refractivity contribution is 5.72. The number of carbonyl (C=O) groups is 1. The first-order valence-corrected chi connectivity index (χ1v) is 7.69. The van der Waals surface area contributed by atoms with Crippen LogP contribution in [0.4, 0.5) is 0 Å². The van der Waals surface area contributed by atoms with Crippen molar-refractivity contribution in [2.24, 2.45) is 5.92 Å². The van der Waals surface area contributed by atoms with E-state index in [0.717, 1.165) is 30.5 Å². The van der Waals surface area contributed by atoms with E-state index in [9.17, 15) is 9.90 Å². The van der Waals surface area contributed by atoms with Crippen LogP contribution < -0.4 is 0 Å².